The SMILES string of the molecule is CCCCc1cn(-c2c(C(C)=O)ccn2C(C)C)c(=O)n1Cc1cnccc1-c1ccc(-c2nnn[nH]2)cc1. The molecule has 10 nitrogen and oxygen atoms in total. The lowest BCUT2D eigenvalue weighted by Crippen LogP contribution is -2.27. The monoisotopic (exact) mass is 524 g/mol. The highest BCUT2D eigenvalue weighted by Gasteiger charge is 2.22. The van der Waals surface area contributed by atoms with E-state index >= 15 is 0 Å². The lowest BCUT2D eigenvalue weighted by Gasteiger charge is -2.14. The Morgan fingerprint density at radius 2 is 1.85 bits per heavy atom. The van der Waals surface area contributed by atoms with Gasteiger partial charge in [0.25, 0.3) is 0 Å². The summed E-state index contributed by atoms with van der Waals surface area (Å²) in [5, 5.41) is 14.0. The zero-order chi connectivity index (χ0) is 27.5. The Hall–Kier alpha value is -4.60. The van der Waals surface area contributed by atoms with Gasteiger partial charge in [-0.15, -0.1) is 5.10 Å². The number of pyridine rings is 1. The number of imidazole rings is 1. The van der Waals surface area contributed by atoms with E-state index in [9.17, 15) is 9.59 Å². The zero-order valence-electron chi connectivity index (χ0n) is 22.6. The van der Waals surface area contributed by atoms with Crippen molar-refractivity contribution in [3.8, 4) is 28.3 Å². The molecule has 0 atom stereocenters. The van der Waals surface area contributed by atoms with Gasteiger partial charge in [-0.3, -0.25) is 18.9 Å². The van der Waals surface area contributed by atoms with E-state index in [1.807, 2.05) is 71.9 Å². The fourth-order valence-electron chi connectivity index (χ4n) is 4.88. The van der Waals surface area contributed by atoms with Crippen molar-refractivity contribution in [2.24, 2.45) is 0 Å². The lowest BCUT2D eigenvalue weighted by molar-refractivity contribution is 0.101. The quantitative estimate of drug-likeness (QED) is 0.261. The van der Waals surface area contributed by atoms with Gasteiger partial charge in [0.05, 0.1) is 12.1 Å². The number of aromatic amines is 1. The summed E-state index contributed by atoms with van der Waals surface area (Å²) >= 11 is 0. The molecule has 0 saturated carbocycles. The van der Waals surface area contributed by atoms with Crippen molar-refractivity contribution in [3.63, 3.8) is 0 Å². The van der Waals surface area contributed by atoms with Gasteiger partial charge in [0.2, 0.25) is 0 Å². The van der Waals surface area contributed by atoms with Gasteiger partial charge in [0.1, 0.15) is 5.82 Å². The molecule has 0 bridgehead atoms. The van der Waals surface area contributed by atoms with Crippen LogP contribution in [-0.4, -0.2) is 45.1 Å². The van der Waals surface area contributed by atoms with E-state index in [0.717, 1.165) is 47.2 Å². The Morgan fingerprint density at radius 1 is 1.08 bits per heavy atom. The maximum absolute atomic E-state index is 14.0. The van der Waals surface area contributed by atoms with Gasteiger partial charge >= 0.3 is 5.69 Å². The van der Waals surface area contributed by atoms with Gasteiger partial charge in [-0.05, 0) is 72.9 Å². The molecule has 0 amide bonds. The summed E-state index contributed by atoms with van der Waals surface area (Å²) in [6.07, 6.45) is 10.1. The summed E-state index contributed by atoms with van der Waals surface area (Å²) in [5.41, 5.74) is 5.08. The molecule has 0 unspecified atom stereocenters. The molecule has 0 aliphatic heterocycles. The third-order valence-corrected chi connectivity index (χ3v) is 6.95. The second kappa shape index (κ2) is 11.0. The molecule has 10 heteroatoms. The van der Waals surface area contributed by atoms with Crippen LogP contribution in [0.3, 0.4) is 0 Å². The van der Waals surface area contributed by atoms with Crippen molar-refractivity contribution in [2.45, 2.75) is 59.5 Å². The standard InChI is InChI=1S/C29H32N8O2/c1-5-6-7-24-18-37(28-25(20(4)38)13-15-35(28)19(2)3)29(39)36(24)17-23-16-30-14-12-26(23)21-8-10-22(11-9-21)27-31-33-34-32-27/h8-16,18-19H,5-7,17H2,1-4H3,(H,31,32,33,34). The normalized spacial score (nSPS) is 11.4. The average Bonchev–Trinajstić information content (AvgIpc) is 3.68. The maximum Gasteiger partial charge on any atom is 0.334 e. The highest BCUT2D eigenvalue weighted by atomic mass is 16.2. The number of unbranched alkanes of at least 4 members (excludes halogenated alkanes) is 1. The first-order valence-corrected chi connectivity index (χ1v) is 13.2. The molecule has 5 rings (SSSR count). The number of nitrogens with zero attached hydrogens (tertiary/aromatic N) is 7. The third-order valence-electron chi connectivity index (χ3n) is 6.95. The van der Waals surface area contributed by atoms with Crippen molar-refractivity contribution in [1.82, 2.24) is 39.3 Å². The van der Waals surface area contributed by atoms with E-state index in [4.69, 9.17) is 0 Å². The number of benzene rings is 1. The molecule has 5 aromatic rings. The predicted molar refractivity (Wildman–Crippen MR) is 149 cm³/mol. The minimum absolute atomic E-state index is 0.0711. The van der Waals surface area contributed by atoms with E-state index in [-0.39, 0.29) is 17.5 Å². The largest absolute Gasteiger partial charge is 0.334 e. The Bertz CT molecular complexity index is 1640. The first-order chi connectivity index (χ1) is 18.9. The van der Waals surface area contributed by atoms with Crippen LogP contribution < -0.4 is 5.69 Å². The predicted octanol–water partition coefficient (Wildman–Crippen LogP) is 4.86. The Kier molecular flexibility index (Phi) is 7.36. The molecular formula is C29H32N8O2. The van der Waals surface area contributed by atoms with Crippen molar-refractivity contribution in [3.05, 3.63) is 88.5 Å². The first kappa shape index (κ1) is 26.0. The number of ketones is 1. The van der Waals surface area contributed by atoms with Gasteiger partial charge in [0, 0.05) is 42.1 Å². The van der Waals surface area contributed by atoms with E-state index in [1.165, 1.54) is 6.92 Å². The molecule has 0 saturated heterocycles. The third kappa shape index (κ3) is 5.09. The number of carbonyl (C=O) groups excluding carboxylic acids is 1. The number of nitrogens with one attached hydrogen (secondary N) is 1. The van der Waals surface area contributed by atoms with Crippen molar-refractivity contribution in [2.75, 3.05) is 0 Å². The minimum Gasteiger partial charge on any atom is -0.331 e. The molecule has 1 aromatic carbocycles. The second-order valence-electron chi connectivity index (χ2n) is 9.93. The molecular weight excluding hydrogens is 492 g/mol. The number of rotatable bonds is 10. The van der Waals surface area contributed by atoms with Crippen molar-refractivity contribution >= 4 is 5.78 Å². The van der Waals surface area contributed by atoms with Crippen LogP contribution in [0.5, 0.6) is 0 Å². The maximum atomic E-state index is 14.0. The van der Waals surface area contributed by atoms with Crippen LogP contribution in [0.1, 0.15) is 68.2 Å². The highest BCUT2D eigenvalue weighted by Crippen LogP contribution is 2.27. The number of tetrazole rings is 1. The van der Waals surface area contributed by atoms with Gasteiger partial charge < -0.3 is 4.57 Å². The van der Waals surface area contributed by atoms with Crippen LogP contribution in [0.15, 0.2) is 66.0 Å². The van der Waals surface area contributed by atoms with E-state index in [0.29, 0.717) is 23.8 Å². The average molecular weight is 525 g/mol. The number of Topliss-reactive ketones (excluding diaryl/α,β-unsaturated/α-hetero) is 1. The molecule has 0 spiro atoms. The zero-order valence-corrected chi connectivity index (χ0v) is 22.6. The number of carbonyl (C=O) groups is 1. The molecule has 4 aromatic heterocycles. The topological polar surface area (TPSA) is 116 Å². The number of aryl methyl sites for hydroxylation is 1. The van der Waals surface area contributed by atoms with E-state index in [1.54, 1.807) is 16.8 Å². The van der Waals surface area contributed by atoms with Crippen molar-refractivity contribution < 1.29 is 4.79 Å². The Balaban J connectivity index is 1.58. The van der Waals surface area contributed by atoms with Crippen LogP contribution in [0.4, 0.5) is 0 Å². The lowest BCUT2D eigenvalue weighted by atomic mass is 10.00. The van der Waals surface area contributed by atoms with Crippen LogP contribution in [-0.2, 0) is 13.0 Å². The van der Waals surface area contributed by atoms with Gasteiger partial charge in [-0.1, -0.05) is 37.6 Å². The fraction of sp³-hybridized carbons (Fsp3) is 0.310. The van der Waals surface area contributed by atoms with Gasteiger partial charge in [-0.25, -0.2) is 9.89 Å². The summed E-state index contributed by atoms with van der Waals surface area (Å²) in [6.45, 7) is 8.11. The van der Waals surface area contributed by atoms with E-state index < -0.39 is 0 Å². The molecule has 0 aliphatic carbocycles. The number of aromatic nitrogens is 8. The smallest absolute Gasteiger partial charge is 0.331 e. The molecule has 4 heterocycles. The molecule has 39 heavy (non-hydrogen) atoms. The van der Waals surface area contributed by atoms with Crippen LogP contribution >= 0.6 is 0 Å². The highest BCUT2D eigenvalue weighted by molar-refractivity contribution is 5.97. The first-order valence-electron chi connectivity index (χ1n) is 13.2. The van der Waals surface area contributed by atoms with E-state index in [2.05, 4.69) is 32.5 Å². The summed E-state index contributed by atoms with van der Waals surface area (Å²) in [6, 6.07) is 11.8. The number of H-pyrrole nitrogens is 1. The Labute approximate surface area is 226 Å². The fourth-order valence-corrected chi connectivity index (χ4v) is 4.88. The molecule has 0 fully saturated rings. The van der Waals surface area contributed by atoms with Crippen LogP contribution in [0.2, 0.25) is 0 Å². The summed E-state index contributed by atoms with van der Waals surface area (Å²) in [5.74, 6) is 1.14. The van der Waals surface area contributed by atoms with Crippen LogP contribution in [0, 0.1) is 0 Å². The number of hydrogen-bond donors (Lipinski definition) is 1. The van der Waals surface area contributed by atoms with Gasteiger partial charge in [-0.2, -0.15) is 0 Å². The Morgan fingerprint density at radius 3 is 2.51 bits per heavy atom. The summed E-state index contributed by atoms with van der Waals surface area (Å²) in [7, 11) is 0. The molecule has 0 radical (unpaired) electrons. The summed E-state index contributed by atoms with van der Waals surface area (Å²) in [4.78, 5) is 30.8. The number of hydrogen-bond acceptors (Lipinski definition) is 6. The van der Waals surface area contributed by atoms with Gasteiger partial charge in [0.15, 0.2) is 11.6 Å². The molecule has 200 valence electrons. The minimum atomic E-state index is -0.174. The van der Waals surface area contributed by atoms with Crippen LogP contribution in [0.25, 0.3) is 28.3 Å². The molecule has 1 N–H and O–H groups in total. The summed E-state index contributed by atoms with van der Waals surface area (Å²) < 4.78 is 5.43. The molecule has 0 aliphatic rings. The second-order valence-corrected chi connectivity index (χ2v) is 9.93. The van der Waals surface area contributed by atoms with Crippen molar-refractivity contribution in [1.29, 1.82) is 0 Å².